The van der Waals surface area contributed by atoms with E-state index in [1.807, 2.05) is 0 Å². The van der Waals surface area contributed by atoms with E-state index >= 15 is 0 Å². The fraction of sp³-hybridized carbons (Fsp3) is 1.00. The smallest absolute Gasteiger partial charge is 0.0465 e. The minimum Gasteiger partial charge on any atom is -0.385 e. The molecule has 2 N–H and O–H groups in total. The van der Waals surface area contributed by atoms with Crippen LogP contribution in [-0.2, 0) is 4.74 Å². The molecule has 0 heterocycles. The number of hydrogen-bond donors (Lipinski definition) is 1. The van der Waals surface area contributed by atoms with Crippen molar-refractivity contribution in [2.24, 2.45) is 23.0 Å². The van der Waals surface area contributed by atoms with Crippen molar-refractivity contribution >= 4 is 0 Å². The molecule has 2 nitrogen and oxygen atoms in total. The summed E-state index contributed by atoms with van der Waals surface area (Å²) >= 11 is 0. The van der Waals surface area contributed by atoms with Crippen LogP contribution in [0.25, 0.3) is 0 Å². The van der Waals surface area contributed by atoms with Crippen molar-refractivity contribution in [1.82, 2.24) is 0 Å². The molecule has 1 atom stereocenters. The summed E-state index contributed by atoms with van der Waals surface area (Å²) in [7, 11) is 1.77. The first kappa shape index (κ1) is 16.0. The summed E-state index contributed by atoms with van der Waals surface area (Å²) in [6, 6.07) is 0. The van der Waals surface area contributed by atoms with Crippen LogP contribution in [0.2, 0.25) is 0 Å². The Labute approximate surface area is 114 Å². The van der Waals surface area contributed by atoms with E-state index in [0.29, 0.717) is 11.3 Å². The lowest BCUT2D eigenvalue weighted by Gasteiger charge is -2.46. The largest absolute Gasteiger partial charge is 0.385 e. The first-order valence-corrected chi connectivity index (χ1v) is 7.63. The zero-order valence-corrected chi connectivity index (χ0v) is 13.1. The topological polar surface area (TPSA) is 35.2 Å². The lowest BCUT2D eigenvalue weighted by Crippen LogP contribution is -2.50. The molecular formula is C16H33NO. The van der Waals surface area contributed by atoms with Crippen molar-refractivity contribution in [2.75, 3.05) is 13.7 Å². The van der Waals surface area contributed by atoms with E-state index in [1.54, 1.807) is 7.11 Å². The molecule has 18 heavy (non-hydrogen) atoms. The standard InChI is InChI=1S/C16H33NO/c1-6-15(3,4)14-7-10-16(17,11-8-14)13(2)9-12-18-5/h13-14H,6-12,17H2,1-5H3. The van der Waals surface area contributed by atoms with Crippen LogP contribution in [-0.4, -0.2) is 19.3 Å². The molecule has 0 amide bonds. The van der Waals surface area contributed by atoms with Gasteiger partial charge in [0.2, 0.25) is 0 Å². The molecule has 0 aromatic heterocycles. The zero-order chi connectivity index (χ0) is 13.8. The molecular weight excluding hydrogens is 222 g/mol. The molecule has 1 aliphatic carbocycles. The van der Waals surface area contributed by atoms with Gasteiger partial charge in [-0.2, -0.15) is 0 Å². The van der Waals surface area contributed by atoms with Crippen molar-refractivity contribution in [2.45, 2.75) is 71.8 Å². The number of methoxy groups -OCH3 is 1. The van der Waals surface area contributed by atoms with Crippen LogP contribution in [0.3, 0.4) is 0 Å². The molecule has 1 rings (SSSR count). The van der Waals surface area contributed by atoms with Gasteiger partial charge < -0.3 is 10.5 Å². The van der Waals surface area contributed by atoms with Crippen molar-refractivity contribution in [3.8, 4) is 0 Å². The van der Waals surface area contributed by atoms with Gasteiger partial charge in [-0.25, -0.2) is 0 Å². The normalized spacial score (nSPS) is 31.3. The highest BCUT2D eigenvalue weighted by Crippen LogP contribution is 2.45. The Balaban J connectivity index is 2.51. The van der Waals surface area contributed by atoms with Gasteiger partial charge in [0, 0.05) is 19.3 Å². The summed E-state index contributed by atoms with van der Waals surface area (Å²) in [4.78, 5) is 0. The Hall–Kier alpha value is -0.0800. The van der Waals surface area contributed by atoms with Crippen molar-refractivity contribution < 1.29 is 4.74 Å². The minimum atomic E-state index is 0.0544. The predicted octanol–water partition coefficient (Wildman–Crippen LogP) is 3.98. The number of nitrogens with two attached hydrogens (primary N) is 1. The average Bonchev–Trinajstić information content (AvgIpc) is 2.36. The van der Waals surface area contributed by atoms with Crippen LogP contribution in [0.5, 0.6) is 0 Å². The highest BCUT2D eigenvalue weighted by Gasteiger charge is 2.39. The summed E-state index contributed by atoms with van der Waals surface area (Å²) in [5.41, 5.74) is 7.17. The molecule has 0 bridgehead atoms. The van der Waals surface area contributed by atoms with Crippen molar-refractivity contribution in [3.05, 3.63) is 0 Å². The van der Waals surface area contributed by atoms with Gasteiger partial charge in [0.05, 0.1) is 0 Å². The molecule has 0 spiro atoms. The van der Waals surface area contributed by atoms with Gasteiger partial charge >= 0.3 is 0 Å². The second-order valence-electron chi connectivity index (χ2n) is 7.03. The summed E-state index contributed by atoms with van der Waals surface area (Å²) in [5.74, 6) is 1.43. The third kappa shape index (κ3) is 3.71. The molecule has 1 aliphatic rings. The van der Waals surface area contributed by atoms with Gasteiger partial charge in [-0.05, 0) is 49.4 Å². The van der Waals surface area contributed by atoms with E-state index in [0.717, 1.165) is 18.9 Å². The highest BCUT2D eigenvalue weighted by molar-refractivity contribution is 4.96. The third-order valence-electron chi connectivity index (χ3n) is 5.67. The SMILES string of the molecule is CCC(C)(C)C1CCC(N)(C(C)CCOC)CC1. The Morgan fingerprint density at radius 2 is 1.89 bits per heavy atom. The third-order valence-corrected chi connectivity index (χ3v) is 5.67. The maximum atomic E-state index is 6.63. The molecule has 0 aromatic carbocycles. The Morgan fingerprint density at radius 3 is 2.33 bits per heavy atom. The van der Waals surface area contributed by atoms with Gasteiger partial charge in [-0.3, -0.25) is 0 Å². The highest BCUT2D eigenvalue weighted by atomic mass is 16.5. The van der Waals surface area contributed by atoms with Gasteiger partial charge in [-0.1, -0.05) is 34.1 Å². The van der Waals surface area contributed by atoms with E-state index in [2.05, 4.69) is 27.7 Å². The van der Waals surface area contributed by atoms with Crippen molar-refractivity contribution in [3.63, 3.8) is 0 Å². The monoisotopic (exact) mass is 255 g/mol. The second kappa shape index (κ2) is 6.38. The Bertz CT molecular complexity index is 241. The molecule has 108 valence electrons. The summed E-state index contributed by atoms with van der Waals surface area (Å²) < 4.78 is 5.19. The molecule has 0 radical (unpaired) electrons. The van der Waals surface area contributed by atoms with E-state index < -0.39 is 0 Å². The quantitative estimate of drug-likeness (QED) is 0.779. The van der Waals surface area contributed by atoms with Crippen LogP contribution in [0.15, 0.2) is 0 Å². The fourth-order valence-corrected chi connectivity index (χ4v) is 3.30. The molecule has 1 unspecified atom stereocenters. The number of ether oxygens (including phenoxy) is 1. The van der Waals surface area contributed by atoms with Gasteiger partial charge in [-0.15, -0.1) is 0 Å². The van der Waals surface area contributed by atoms with Crippen LogP contribution in [0, 0.1) is 17.3 Å². The van der Waals surface area contributed by atoms with Crippen LogP contribution < -0.4 is 5.73 Å². The van der Waals surface area contributed by atoms with Gasteiger partial charge in [0.15, 0.2) is 0 Å². The van der Waals surface area contributed by atoms with Crippen LogP contribution in [0.4, 0.5) is 0 Å². The second-order valence-corrected chi connectivity index (χ2v) is 7.03. The summed E-state index contributed by atoms with van der Waals surface area (Å²) in [5, 5.41) is 0. The molecule has 2 heteroatoms. The summed E-state index contributed by atoms with van der Waals surface area (Å²) in [6.45, 7) is 10.3. The minimum absolute atomic E-state index is 0.0544. The first-order chi connectivity index (χ1) is 8.35. The first-order valence-electron chi connectivity index (χ1n) is 7.63. The molecule has 0 aromatic rings. The fourth-order valence-electron chi connectivity index (χ4n) is 3.30. The Kier molecular flexibility index (Phi) is 5.67. The molecule has 1 fully saturated rings. The molecule has 0 saturated heterocycles. The number of rotatable bonds is 6. The van der Waals surface area contributed by atoms with E-state index in [1.165, 1.54) is 32.1 Å². The summed E-state index contributed by atoms with van der Waals surface area (Å²) in [6.07, 6.45) is 7.34. The zero-order valence-electron chi connectivity index (χ0n) is 13.1. The lowest BCUT2D eigenvalue weighted by molar-refractivity contribution is 0.0786. The van der Waals surface area contributed by atoms with Crippen molar-refractivity contribution in [1.29, 1.82) is 0 Å². The number of hydrogen-bond acceptors (Lipinski definition) is 2. The molecule has 0 aliphatic heterocycles. The van der Waals surface area contributed by atoms with Gasteiger partial charge in [0.1, 0.15) is 0 Å². The van der Waals surface area contributed by atoms with E-state index in [9.17, 15) is 0 Å². The maximum absolute atomic E-state index is 6.63. The Morgan fingerprint density at radius 1 is 1.33 bits per heavy atom. The molecule has 1 saturated carbocycles. The van der Waals surface area contributed by atoms with Crippen LogP contribution >= 0.6 is 0 Å². The average molecular weight is 255 g/mol. The lowest BCUT2D eigenvalue weighted by atomic mass is 9.63. The predicted molar refractivity (Wildman–Crippen MR) is 78.6 cm³/mol. The van der Waals surface area contributed by atoms with E-state index in [4.69, 9.17) is 10.5 Å². The van der Waals surface area contributed by atoms with E-state index in [-0.39, 0.29) is 5.54 Å². The van der Waals surface area contributed by atoms with Gasteiger partial charge in [0.25, 0.3) is 0 Å². The maximum Gasteiger partial charge on any atom is 0.0465 e. The van der Waals surface area contributed by atoms with Crippen LogP contribution in [0.1, 0.15) is 66.2 Å².